The number of aromatic nitrogens is 2. The Morgan fingerprint density at radius 2 is 1.74 bits per heavy atom. The van der Waals surface area contributed by atoms with E-state index < -0.39 is 0 Å². The monoisotopic (exact) mass is 485 g/mol. The molecule has 0 saturated carbocycles. The van der Waals surface area contributed by atoms with Gasteiger partial charge >= 0.3 is 6.01 Å². The molecule has 0 radical (unpaired) electrons. The second-order valence-corrected chi connectivity index (χ2v) is 8.51. The van der Waals surface area contributed by atoms with E-state index in [0.717, 1.165) is 29.2 Å². The van der Waals surface area contributed by atoms with Gasteiger partial charge < -0.3 is 19.9 Å². The highest BCUT2D eigenvalue weighted by atomic mass is 16.5. The first-order valence-electron chi connectivity index (χ1n) is 11.9. The SMILES string of the molecule is CC/C=C\C=C/CC(C)(C)CC.COc1nc(C)cc(NCCOc2ccccc2C)n1.O=CO. The van der Waals surface area contributed by atoms with E-state index in [2.05, 4.69) is 67.3 Å². The van der Waals surface area contributed by atoms with Gasteiger partial charge in [-0.3, -0.25) is 4.79 Å². The number of carbonyl (C=O) groups is 1. The second-order valence-electron chi connectivity index (χ2n) is 8.51. The van der Waals surface area contributed by atoms with Crippen molar-refractivity contribution in [2.24, 2.45) is 5.41 Å². The summed E-state index contributed by atoms with van der Waals surface area (Å²) in [4.78, 5) is 16.7. The van der Waals surface area contributed by atoms with Crippen LogP contribution in [0.4, 0.5) is 5.82 Å². The standard InChI is InChI=1S/C15H19N3O2.C12H22.CH2O2/c1-11-6-4-5-7-13(11)20-9-8-16-14-10-12(2)17-15(18-14)19-3;1-5-7-8-9-10-11-12(3,4)6-2;2-1-3/h4-7,10H,8-9H2,1-3H3,(H,16,17,18);7-10H,5-6,11H2,1-4H3;1H,(H,2,3)/b;8-7-,10-9-;. The number of hydrogen-bond donors (Lipinski definition) is 2. The first-order valence-corrected chi connectivity index (χ1v) is 11.9. The molecule has 0 spiro atoms. The Morgan fingerprint density at radius 3 is 2.34 bits per heavy atom. The fourth-order valence-electron chi connectivity index (χ4n) is 2.61. The maximum Gasteiger partial charge on any atom is 0.318 e. The smallest absolute Gasteiger partial charge is 0.318 e. The van der Waals surface area contributed by atoms with Gasteiger partial charge in [-0.25, -0.2) is 4.98 Å². The summed E-state index contributed by atoms with van der Waals surface area (Å²) in [6.07, 6.45) is 12.3. The quantitative estimate of drug-likeness (QED) is 0.210. The third-order valence-corrected chi connectivity index (χ3v) is 5.02. The molecule has 1 aromatic carbocycles. The molecule has 0 fully saturated rings. The van der Waals surface area contributed by atoms with Crippen molar-refractivity contribution < 1.29 is 19.4 Å². The molecule has 1 aromatic heterocycles. The Labute approximate surface area is 211 Å². The molecule has 0 aliphatic heterocycles. The van der Waals surface area contributed by atoms with Gasteiger partial charge in [0.2, 0.25) is 0 Å². The zero-order valence-electron chi connectivity index (χ0n) is 22.4. The number of carboxylic acid groups (broad SMARTS) is 1. The number of para-hydroxylation sites is 1. The van der Waals surface area contributed by atoms with Crippen molar-refractivity contribution in [3.05, 3.63) is 65.9 Å². The highest BCUT2D eigenvalue weighted by Gasteiger charge is 2.11. The molecule has 0 unspecified atom stereocenters. The molecule has 0 aliphatic carbocycles. The van der Waals surface area contributed by atoms with Gasteiger partial charge in [0.05, 0.1) is 13.7 Å². The normalized spacial score (nSPS) is 10.7. The Balaban J connectivity index is 0.000000660. The number of nitrogens with zero attached hydrogens (tertiary/aromatic N) is 2. The van der Waals surface area contributed by atoms with E-state index >= 15 is 0 Å². The van der Waals surface area contributed by atoms with E-state index in [0.29, 0.717) is 24.6 Å². The van der Waals surface area contributed by atoms with Crippen molar-refractivity contribution in [2.75, 3.05) is 25.6 Å². The van der Waals surface area contributed by atoms with Crippen LogP contribution in [0.15, 0.2) is 54.6 Å². The Kier molecular flexibility index (Phi) is 17.2. The van der Waals surface area contributed by atoms with Crippen molar-refractivity contribution in [3.8, 4) is 11.8 Å². The van der Waals surface area contributed by atoms with Gasteiger partial charge in [0.25, 0.3) is 6.47 Å². The van der Waals surface area contributed by atoms with Crippen LogP contribution in [-0.4, -0.2) is 41.8 Å². The van der Waals surface area contributed by atoms with Crippen LogP contribution < -0.4 is 14.8 Å². The summed E-state index contributed by atoms with van der Waals surface area (Å²) in [7, 11) is 1.56. The average Bonchev–Trinajstić information content (AvgIpc) is 2.83. The molecule has 0 atom stereocenters. The molecule has 2 rings (SSSR count). The lowest BCUT2D eigenvalue weighted by Gasteiger charge is -2.19. The molecule has 35 heavy (non-hydrogen) atoms. The predicted octanol–water partition coefficient (Wildman–Crippen LogP) is 6.63. The summed E-state index contributed by atoms with van der Waals surface area (Å²) in [5.74, 6) is 1.65. The summed E-state index contributed by atoms with van der Waals surface area (Å²) in [5, 5.41) is 10.1. The van der Waals surface area contributed by atoms with E-state index in [4.69, 9.17) is 19.4 Å². The van der Waals surface area contributed by atoms with Crippen molar-refractivity contribution >= 4 is 12.3 Å². The number of benzene rings is 1. The first kappa shape index (κ1) is 31.6. The first-order chi connectivity index (χ1) is 16.7. The molecule has 0 amide bonds. The van der Waals surface area contributed by atoms with Crippen LogP contribution in [-0.2, 0) is 4.79 Å². The molecule has 0 bridgehead atoms. The van der Waals surface area contributed by atoms with Crippen LogP contribution in [0.5, 0.6) is 11.8 Å². The summed E-state index contributed by atoms with van der Waals surface area (Å²) < 4.78 is 10.7. The largest absolute Gasteiger partial charge is 0.491 e. The van der Waals surface area contributed by atoms with Gasteiger partial charge in [0, 0.05) is 11.8 Å². The summed E-state index contributed by atoms with van der Waals surface area (Å²) in [6.45, 7) is 13.9. The molecule has 2 N–H and O–H groups in total. The molecular formula is C28H43N3O4. The van der Waals surface area contributed by atoms with Crippen LogP contribution >= 0.6 is 0 Å². The topological polar surface area (TPSA) is 93.6 Å². The van der Waals surface area contributed by atoms with Gasteiger partial charge in [-0.05, 0) is 43.7 Å². The lowest BCUT2D eigenvalue weighted by Crippen LogP contribution is -2.13. The second kappa shape index (κ2) is 19.0. The summed E-state index contributed by atoms with van der Waals surface area (Å²) in [6, 6.07) is 10.2. The van der Waals surface area contributed by atoms with Crippen molar-refractivity contribution in [1.29, 1.82) is 0 Å². The van der Waals surface area contributed by atoms with Crippen molar-refractivity contribution in [2.45, 2.75) is 60.8 Å². The number of rotatable bonds is 11. The van der Waals surface area contributed by atoms with Gasteiger partial charge in [0.1, 0.15) is 18.2 Å². The molecule has 7 nitrogen and oxygen atoms in total. The van der Waals surface area contributed by atoms with Crippen LogP contribution in [0.1, 0.15) is 58.2 Å². The van der Waals surface area contributed by atoms with Crippen molar-refractivity contribution in [3.63, 3.8) is 0 Å². The van der Waals surface area contributed by atoms with Gasteiger partial charge in [-0.2, -0.15) is 4.98 Å². The van der Waals surface area contributed by atoms with Gasteiger partial charge in [0.15, 0.2) is 0 Å². The molecular weight excluding hydrogens is 442 g/mol. The number of methoxy groups -OCH3 is 1. The maximum absolute atomic E-state index is 8.36. The highest BCUT2D eigenvalue weighted by molar-refractivity contribution is 5.37. The highest BCUT2D eigenvalue weighted by Crippen LogP contribution is 2.24. The minimum Gasteiger partial charge on any atom is -0.491 e. The van der Waals surface area contributed by atoms with E-state index in [1.54, 1.807) is 7.11 Å². The molecule has 2 aromatic rings. The molecule has 7 heteroatoms. The fraction of sp³-hybridized carbons (Fsp3) is 0.464. The number of allylic oxidation sites excluding steroid dienone is 4. The van der Waals surface area contributed by atoms with Gasteiger partial charge in [-0.1, -0.05) is 76.6 Å². The van der Waals surface area contributed by atoms with Crippen LogP contribution in [0.3, 0.4) is 0 Å². The third-order valence-electron chi connectivity index (χ3n) is 5.02. The lowest BCUT2D eigenvalue weighted by atomic mass is 9.86. The van der Waals surface area contributed by atoms with Crippen LogP contribution in [0.2, 0.25) is 0 Å². The summed E-state index contributed by atoms with van der Waals surface area (Å²) in [5.41, 5.74) is 2.46. The number of hydrogen-bond acceptors (Lipinski definition) is 6. The van der Waals surface area contributed by atoms with E-state index in [-0.39, 0.29) is 6.47 Å². The average molecular weight is 486 g/mol. The van der Waals surface area contributed by atoms with E-state index in [1.807, 2.05) is 44.2 Å². The third kappa shape index (κ3) is 16.0. The fourth-order valence-corrected chi connectivity index (χ4v) is 2.61. The molecule has 194 valence electrons. The predicted molar refractivity (Wildman–Crippen MR) is 144 cm³/mol. The number of ether oxygens (including phenoxy) is 2. The summed E-state index contributed by atoms with van der Waals surface area (Å²) >= 11 is 0. The maximum atomic E-state index is 8.36. The minimum absolute atomic E-state index is 0.250. The minimum atomic E-state index is -0.250. The number of nitrogens with one attached hydrogen (secondary N) is 1. The Hall–Kier alpha value is -3.35. The van der Waals surface area contributed by atoms with Gasteiger partial charge in [-0.15, -0.1) is 0 Å². The Bertz CT molecular complexity index is 896. The lowest BCUT2D eigenvalue weighted by molar-refractivity contribution is -0.122. The van der Waals surface area contributed by atoms with Crippen LogP contribution in [0.25, 0.3) is 0 Å². The molecule has 1 heterocycles. The molecule has 0 aliphatic rings. The zero-order valence-corrected chi connectivity index (χ0v) is 22.4. The number of anilines is 1. The van der Waals surface area contributed by atoms with Crippen molar-refractivity contribution in [1.82, 2.24) is 9.97 Å². The zero-order chi connectivity index (χ0) is 26.5. The van der Waals surface area contributed by atoms with Crippen LogP contribution in [0, 0.1) is 19.3 Å². The van der Waals surface area contributed by atoms with E-state index in [1.165, 1.54) is 12.8 Å². The van der Waals surface area contributed by atoms with E-state index in [9.17, 15) is 0 Å². The molecule has 0 saturated heterocycles. The number of aryl methyl sites for hydroxylation is 2. The Morgan fingerprint density at radius 1 is 1.09 bits per heavy atom.